The Bertz CT molecular complexity index is 6970. The fraction of sp³-hybridized carbons (Fsp3) is 0.366. The van der Waals surface area contributed by atoms with Crippen LogP contribution >= 0.6 is 0 Å². The zero-order valence-corrected chi connectivity index (χ0v) is 85.8. The van der Waals surface area contributed by atoms with Crippen LogP contribution in [0.1, 0.15) is 310 Å². The van der Waals surface area contributed by atoms with Crippen LogP contribution in [0.15, 0.2) is 370 Å². The molecule has 0 unspecified atom stereocenters. The van der Waals surface area contributed by atoms with Gasteiger partial charge in [-0.3, -0.25) is 0 Å². The molecule has 15 aromatic carbocycles. The first-order valence-electron chi connectivity index (χ1n) is 57.2. The second kappa shape index (κ2) is 37.9. The predicted molar refractivity (Wildman–Crippen MR) is 606 cm³/mol. The van der Waals surface area contributed by atoms with Gasteiger partial charge >= 0.3 is 0 Å². The molecule has 3 heteroatoms. The van der Waals surface area contributed by atoms with Gasteiger partial charge < -0.3 is 14.7 Å². The van der Waals surface area contributed by atoms with E-state index in [1.807, 2.05) is 0 Å². The standard InChI is InChI=1S/C53H51N.C46H47N.C43H47N/c1-4-12-40(13-5-1)41-20-24-45(25-21-41)54(46-26-22-42(23-27-46)52-34-37-30-38(35-52)32-39(31-37)36-52)47-28-29-49-48-18-10-11-19-50(48)53(51(49)33-47,43-14-6-2-7-15-43)44-16-8-3-9-17-44;1-3-7-36(8-4-1)38-11-13-39(14-12-38)41-17-23-44(24-18-41)47(43-21-15-40(16-22-43)37-9-5-2-6-10-37)45-25-19-42(20-26-45)46-30-33-27-34(31-46)29-35(28-33)32-46;1-42(2)40-11-7-6-10-38(40)39-21-20-37(25-41(39)42)44(35-16-12-33(13-17-35)32-8-4-3-5-9-32)36-18-14-34(15-19-36)43-26-29-22-30(27-43)24-31(23-29)28-43/h2-3,6-11,14-29,33,37-40H,1,4-5,12-13,30-32,34-36H2;1,3-4,7-8,11-26,33-35,37H,2,5-6,9-10,27-32H2;6-7,10-21,25,29-32H,3-5,8-9,22-24,26-28H2,1-2H3. The summed E-state index contributed by atoms with van der Waals surface area (Å²) in [5.74, 6) is 10.8. The van der Waals surface area contributed by atoms with Crippen LogP contribution in [-0.2, 0) is 27.1 Å². The maximum absolute atomic E-state index is 2.54. The lowest BCUT2D eigenvalue weighted by Gasteiger charge is -2.57. The Hall–Kier alpha value is -12.3. The molecule has 0 N–H and O–H groups in total. The van der Waals surface area contributed by atoms with Gasteiger partial charge in [0.1, 0.15) is 0 Å². The van der Waals surface area contributed by atoms with E-state index in [0.717, 1.165) is 65.1 Å². The zero-order chi connectivity index (χ0) is 96.4. The van der Waals surface area contributed by atoms with E-state index in [-0.39, 0.29) is 5.41 Å². The normalized spacial score (nSPS) is 26.0. The van der Waals surface area contributed by atoms with Crippen LogP contribution in [0.5, 0.6) is 0 Å². The number of benzene rings is 15. The molecular weight excluding hydrogens is 1750 g/mol. The first kappa shape index (κ1) is 91.4. The summed E-state index contributed by atoms with van der Waals surface area (Å²) >= 11 is 0. The number of rotatable bonds is 19. The Morgan fingerprint density at radius 3 is 0.752 bits per heavy atom. The van der Waals surface area contributed by atoms with Crippen molar-refractivity contribution in [3.8, 4) is 44.5 Å². The molecule has 15 saturated carbocycles. The van der Waals surface area contributed by atoms with Gasteiger partial charge in [-0.25, -0.2) is 0 Å². The Kier molecular flexibility index (Phi) is 23.9. The van der Waals surface area contributed by atoms with Gasteiger partial charge in [-0.2, -0.15) is 0 Å². The van der Waals surface area contributed by atoms with Crippen LogP contribution in [0.25, 0.3) is 44.5 Å². The lowest BCUT2D eigenvalue weighted by molar-refractivity contribution is -0.00530. The second-order valence-electron chi connectivity index (χ2n) is 49.2. The van der Waals surface area contributed by atoms with E-state index in [9.17, 15) is 0 Å². The van der Waals surface area contributed by atoms with Gasteiger partial charge in [-0.05, 0) is 462 Å². The Labute approximate surface area is 864 Å². The van der Waals surface area contributed by atoms with Gasteiger partial charge in [0.2, 0.25) is 0 Å². The third kappa shape index (κ3) is 16.8. The highest BCUT2D eigenvalue weighted by molar-refractivity contribution is 5.91. The Balaban J connectivity index is 0.000000109. The molecule has 17 aliphatic rings. The summed E-state index contributed by atoms with van der Waals surface area (Å²) in [5, 5.41) is 0. The van der Waals surface area contributed by atoms with Gasteiger partial charge in [-0.1, -0.05) is 332 Å². The van der Waals surface area contributed by atoms with E-state index in [0.29, 0.717) is 22.2 Å². The molecule has 145 heavy (non-hydrogen) atoms. The predicted octanol–water partition coefficient (Wildman–Crippen LogP) is 39.0. The van der Waals surface area contributed by atoms with Gasteiger partial charge in [0.25, 0.3) is 0 Å². The van der Waals surface area contributed by atoms with Crippen LogP contribution in [0.4, 0.5) is 51.2 Å². The summed E-state index contributed by atoms with van der Waals surface area (Å²) in [6.07, 6.45) is 46.5. The van der Waals surface area contributed by atoms with Crippen molar-refractivity contribution in [2.75, 3.05) is 14.7 Å². The minimum absolute atomic E-state index is 0.0131. The van der Waals surface area contributed by atoms with Gasteiger partial charge in [0.05, 0.1) is 5.41 Å². The summed E-state index contributed by atoms with van der Waals surface area (Å²) < 4.78 is 0. The Morgan fingerprint density at radius 1 is 0.186 bits per heavy atom. The maximum Gasteiger partial charge on any atom is 0.0714 e. The molecule has 17 aliphatic carbocycles. The van der Waals surface area contributed by atoms with Crippen molar-refractivity contribution in [3.05, 3.63) is 437 Å². The molecule has 0 aromatic heterocycles. The summed E-state index contributed by atoms with van der Waals surface area (Å²) in [7, 11) is 0. The summed E-state index contributed by atoms with van der Waals surface area (Å²) in [5.41, 5.74) is 40.0. The molecule has 12 bridgehead atoms. The summed E-state index contributed by atoms with van der Waals surface area (Å²) in [4.78, 5) is 7.53. The first-order valence-corrected chi connectivity index (χ1v) is 57.2. The third-order valence-corrected chi connectivity index (χ3v) is 40.0. The van der Waals surface area contributed by atoms with Crippen molar-refractivity contribution in [3.63, 3.8) is 0 Å². The van der Waals surface area contributed by atoms with Crippen molar-refractivity contribution < 1.29 is 0 Å². The molecule has 0 spiro atoms. The SMILES string of the molecule is CC1(C)c2ccccc2-c2ccc(N(c3ccc(C4CCCCC4)cc3)c3ccc(C45CC6CC(CC(C6)C4)C5)cc3)cc21.c1ccc(-c2ccc(-c3ccc(N(c4ccc(C5CCCCC5)cc4)c4ccc(C56CC7CC(CC(C7)C5)C6)cc4)cc3)cc2)cc1.c1ccc(C2(c3ccccc3)c3ccccc3-c3ccc(N(c4ccc(C5CCCCC5)cc4)c4ccc(C56CC7CC(CC(C7)C5)C6)cc4)cc32)cc1. The average Bonchev–Trinajstić information content (AvgIpc) is 1.41. The van der Waals surface area contributed by atoms with Crippen molar-refractivity contribution in [1.29, 1.82) is 0 Å². The highest BCUT2D eigenvalue weighted by Crippen LogP contribution is 2.66. The number of fused-ring (bicyclic) bond motifs is 6. The fourth-order valence-corrected chi connectivity index (χ4v) is 34.3. The Morgan fingerprint density at radius 2 is 0.421 bits per heavy atom. The number of nitrogens with zero attached hydrogens (tertiary/aromatic N) is 3. The van der Waals surface area contributed by atoms with Crippen molar-refractivity contribution >= 4 is 51.2 Å². The van der Waals surface area contributed by atoms with E-state index in [1.54, 1.807) is 16.7 Å². The largest absolute Gasteiger partial charge is 0.311 e. The quantitative estimate of drug-likeness (QED) is 0.0799. The number of hydrogen-bond acceptors (Lipinski definition) is 3. The molecular formula is C142H145N3. The molecule has 0 aliphatic heterocycles. The van der Waals surface area contributed by atoms with Crippen LogP contribution in [0.2, 0.25) is 0 Å². The van der Waals surface area contributed by atoms with E-state index in [2.05, 4.69) is 399 Å². The average molecular weight is 1890 g/mol. The molecule has 3 nitrogen and oxygen atoms in total. The van der Waals surface area contributed by atoms with Crippen LogP contribution in [-0.4, -0.2) is 0 Å². The third-order valence-electron chi connectivity index (χ3n) is 40.0. The van der Waals surface area contributed by atoms with Crippen molar-refractivity contribution in [1.82, 2.24) is 0 Å². The molecule has 0 amide bonds. The lowest BCUT2D eigenvalue weighted by atomic mass is 9.48. The molecule has 0 radical (unpaired) electrons. The molecule has 0 atom stereocenters. The number of anilines is 9. The van der Waals surface area contributed by atoms with E-state index < -0.39 is 5.41 Å². The van der Waals surface area contributed by atoms with Crippen molar-refractivity contribution in [2.24, 2.45) is 53.3 Å². The smallest absolute Gasteiger partial charge is 0.0714 e. The van der Waals surface area contributed by atoms with E-state index >= 15 is 0 Å². The summed E-state index contributed by atoms with van der Waals surface area (Å²) in [6, 6.07) is 142. The van der Waals surface area contributed by atoms with Crippen LogP contribution in [0, 0.1) is 53.3 Å². The molecule has 0 saturated heterocycles. The maximum atomic E-state index is 2.54. The van der Waals surface area contributed by atoms with E-state index in [4.69, 9.17) is 0 Å². The highest BCUT2D eigenvalue weighted by atomic mass is 15.2. The van der Waals surface area contributed by atoms with Gasteiger partial charge in [0, 0.05) is 56.6 Å². The molecule has 15 aromatic rings. The van der Waals surface area contributed by atoms with Crippen LogP contribution in [0.3, 0.4) is 0 Å². The number of hydrogen-bond donors (Lipinski definition) is 0. The molecule has 32 rings (SSSR count). The molecule has 0 heterocycles. The minimum Gasteiger partial charge on any atom is -0.311 e. The second-order valence-corrected chi connectivity index (χ2v) is 49.2. The lowest BCUT2D eigenvalue weighted by Crippen LogP contribution is -2.48. The zero-order valence-electron chi connectivity index (χ0n) is 85.8. The monoisotopic (exact) mass is 1890 g/mol. The highest BCUT2D eigenvalue weighted by Gasteiger charge is 2.56. The first-order chi connectivity index (χ1) is 71.3. The topological polar surface area (TPSA) is 9.72 Å². The van der Waals surface area contributed by atoms with Crippen LogP contribution < -0.4 is 14.7 Å². The molecule has 15 fully saturated rings. The minimum atomic E-state index is -0.427. The van der Waals surface area contributed by atoms with Gasteiger partial charge in [0.15, 0.2) is 0 Å². The fourth-order valence-electron chi connectivity index (χ4n) is 34.3. The van der Waals surface area contributed by atoms with E-state index in [1.165, 1.54) is 358 Å². The summed E-state index contributed by atoms with van der Waals surface area (Å²) in [6.45, 7) is 4.79. The molecule has 728 valence electrons. The van der Waals surface area contributed by atoms with Crippen molar-refractivity contribution in [2.45, 2.75) is 271 Å². The van der Waals surface area contributed by atoms with Gasteiger partial charge in [-0.15, -0.1) is 0 Å².